The Morgan fingerprint density at radius 1 is 1.36 bits per heavy atom. The fraction of sp³-hybridized carbons (Fsp3) is 0.600. The van der Waals surface area contributed by atoms with Crippen LogP contribution in [-0.2, 0) is 29.1 Å². The molecule has 5 nitrogen and oxygen atoms in total. The van der Waals surface area contributed by atoms with Crippen LogP contribution in [0.3, 0.4) is 0 Å². The van der Waals surface area contributed by atoms with E-state index in [0.29, 0.717) is 0 Å². The van der Waals surface area contributed by atoms with Crippen LogP contribution in [0.4, 0.5) is 0 Å². The molecule has 58 valence electrons. The number of nitrogens with two attached hydrogens (primary N) is 1. The van der Waals surface area contributed by atoms with E-state index in [4.69, 9.17) is 5.73 Å². The quantitative estimate of drug-likeness (QED) is 0.487. The van der Waals surface area contributed by atoms with Gasteiger partial charge in [-0.15, -0.1) is 0 Å². The van der Waals surface area contributed by atoms with Gasteiger partial charge in [-0.3, -0.25) is 0 Å². The van der Waals surface area contributed by atoms with Gasteiger partial charge >= 0.3 is 19.5 Å². The van der Waals surface area contributed by atoms with E-state index in [1.54, 1.807) is 0 Å². The average molecular weight is 211 g/mol. The van der Waals surface area contributed by atoms with Crippen LogP contribution in [-0.4, -0.2) is 18.0 Å². The monoisotopic (exact) mass is 209 g/mol. The van der Waals surface area contributed by atoms with E-state index in [9.17, 15) is 19.8 Å². The second-order valence-electron chi connectivity index (χ2n) is 1.84. The van der Waals surface area contributed by atoms with Crippen LogP contribution in [0, 0.1) is 0 Å². The van der Waals surface area contributed by atoms with Crippen LogP contribution >= 0.6 is 0 Å². The van der Waals surface area contributed by atoms with Crippen molar-refractivity contribution in [3.63, 3.8) is 0 Å². The SMILES string of the molecule is N[C@H](CCC(=O)[O-])C(=O)[O-].[Zn+2]. The summed E-state index contributed by atoms with van der Waals surface area (Å²) < 4.78 is 0. The summed E-state index contributed by atoms with van der Waals surface area (Å²) in [5.74, 6) is -2.75. The van der Waals surface area contributed by atoms with Crippen molar-refractivity contribution in [2.45, 2.75) is 18.9 Å². The zero-order valence-corrected chi connectivity index (χ0v) is 8.88. The summed E-state index contributed by atoms with van der Waals surface area (Å²) in [4.78, 5) is 19.6. The van der Waals surface area contributed by atoms with Crippen LogP contribution < -0.4 is 15.9 Å². The Morgan fingerprint density at radius 2 is 1.82 bits per heavy atom. The van der Waals surface area contributed by atoms with Crippen LogP contribution in [0.1, 0.15) is 12.8 Å². The fourth-order valence-electron chi connectivity index (χ4n) is 0.391. The molecule has 0 amide bonds. The predicted molar refractivity (Wildman–Crippen MR) is 27.2 cm³/mol. The average Bonchev–Trinajstić information content (AvgIpc) is 1.82. The topological polar surface area (TPSA) is 106 Å². The standard InChI is InChI=1S/C5H9NO4.Zn/c6-3(5(9)10)1-2-4(7)8;/h3H,1-2,6H2,(H,7,8)(H,9,10);/q;+2/p-2/t3-;/m1./s1. The van der Waals surface area contributed by atoms with Crippen LogP contribution in [0.2, 0.25) is 0 Å². The summed E-state index contributed by atoms with van der Waals surface area (Å²) in [5, 5.41) is 19.6. The van der Waals surface area contributed by atoms with E-state index in [2.05, 4.69) is 0 Å². The molecule has 11 heavy (non-hydrogen) atoms. The third kappa shape index (κ3) is 7.42. The van der Waals surface area contributed by atoms with Gasteiger partial charge in [-0.05, 0) is 12.8 Å². The molecule has 0 spiro atoms. The van der Waals surface area contributed by atoms with Crippen molar-refractivity contribution in [3.8, 4) is 0 Å². The number of aliphatic carboxylic acids is 2. The van der Waals surface area contributed by atoms with Crippen LogP contribution in [0.25, 0.3) is 0 Å². The Balaban J connectivity index is 0. The first-order chi connectivity index (χ1) is 4.54. The number of carboxylic acid groups (broad SMARTS) is 2. The third-order valence-corrected chi connectivity index (χ3v) is 0.962. The van der Waals surface area contributed by atoms with Crippen LogP contribution in [0.15, 0.2) is 0 Å². The summed E-state index contributed by atoms with van der Waals surface area (Å²) in [6, 6.07) is -1.21. The number of carbonyl (C=O) groups excluding carboxylic acids is 2. The second kappa shape index (κ2) is 6.25. The number of carbonyl (C=O) groups is 2. The molecular weight excluding hydrogens is 203 g/mol. The van der Waals surface area contributed by atoms with Gasteiger partial charge < -0.3 is 25.5 Å². The number of hydrogen-bond donors (Lipinski definition) is 1. The third-order valence-electron chi connectivity index (χ3n) is 0.962. The molecule has 0 aliphatic heterocycles. The van der Waals surface area contributed by atoms with E-state index < -0.39 is 18.0 Å². The van der Waals surface area contributed by atoms with Gasteiger partial charge in [0, 0.05) is 12.0 Å². The largest absolute Gasteiger partial charge is 2.00 e. The molecule has 0 aliphatic carbocycles. The van der Waals surface area contributed by atoms with Gasteiger partial charge in [0.2, 0.25) is 0 Å². The number of hydrogen-bond acceptors (Lipinski definition) is 5. The van der Waals surface area contributed by atoms with E-state index in [-0.39, 0.29) is 32.3 Å². The zero-order valence-electron chi connectivity index (χ0n) is 5.91. The molecule has 0 rings (SSSR count). The summed E-state index contributed by atoms with van der Waals surface area (Å²) >= 11 is 0. The first-order valence-electron chi connectivity index (χ1n) is 2.70. The molecule has 0 aromatic rings. The molecule has 0 radical (unpaired) electrons. The zero-order chi connectivity index (χ0) is 8.15. The summed E-state index contributed by atoms with van der Waals surface area (Å²) in [6.07, 6.45) is -0.500. The molecule has 0 aliphatic rings. The Morgan fingerprint density at radius 3 is 2.09 bits per heavy atom. The normalized spacial score (nSPS) is 11.4. The number of rotatable bonds is 4. The smallest absolute Gasteiger partial charge is 0.550 e. The fourth-order valence-corrected chi connectivity index (χ4v) is 0.391. The minimum Gasteiger partial charge on any atom is -0.550 e. The molecule has 0 aromatic heterocycles. The van der Waals surface area contributed by atoms with E-state index in [1.165, 1.54) is 0 Å². The van der Waals surface area contributed by atoms with Gasteiger partial charge in [-0.1, -0.05) is 0 Å². The van der Waals surface area contributed by atoms with Gasteiger partial charge in [0.15, 0.2) is 0 Å². The van der Waals surface area contributed by atoms with Crippen LogP contribution in [0.5, 0.6) is 0 Å². The maximum Gasteiger partial charge on any atom is 2.00 e. The number of carboxylic acids is 2. The van der Waals surface area contributed by atoms with E-state index >= 15 is 0 Å². The van der Waals surface area contributed by atoms with Crippen molar-refractivity contribution < 1.29 is 39.3 Å². The van der Waals surface area contributed by atoms with Crippen molar-refractivity contribution in [2.75, 3.05) is 0 Å². The molecule has 0 bridgehead atoms. The van der Waals surface area contributed by atoms with Gasteiger partial charge in [0.05, 0.1) is 5.97 Å². The Kier molecular flexibility index (Phi) is 7.46. The van der Waals surface area contributed by atoms with Gasteiger partial charge in [-0.2, -0.15) is 0 Å². The minimum absolute atomic E-state index is 0. The van der Waals surface area contributed by atoms with E-state index in [1.807, 2.05) is 0 Å². The van der Waals surface area contributed by atoms with Crippen molar-refractivity contribution in [1.82, 2.24) is 0 Å². The maximum atomic E-state index is 9.86. The molecule has 0 saturated heterocycles. The Hall–Kier alpha value is -0.477. The van der Waals surface area contributed by atoms with Gasteiger partial charge in [0.25, 0.3) is 0 Å². The molecule has 0 fully saturated rings. The Bertz CT molecular complexity index is 149. The molecule has 0 heterocycles. The molecule has 1 atom stereocenters. The second-order valence-corrected chi connectivity index (χ2v) is 1.84. The molecule has 2 N–H and O–H groups in total. The van der Waals surface area contributed by atoms with Gasteiger partial charge in [0.1, 0.15) is 0 Å². The first-order valence-corrected chi connectivity index (χ1v) is 2.70. The van der Waals surface area contributed by atoms with Gasteiger partial charge in [-0.25, -0.2) is 0 Å². The summed E-state index contributed by atoms with van der Waals surface area (Å²) in [6.45, 7) is 0. The Labute approximate surface area is 76.3 Å². The van der Waals surface area contributed by atoms with Crippen molar-refractivity contribution in [2.24, 2.45) is 5.73 Å². The van der Waals surface area contributed by atoms with Crippen molar-refractivity contribution in [1.29, 1.82) is 0 Å². The summed E-state index contributed by atoms with van der Waals surface area (Å²) in [7, 11) is 0. The first kappa shape index (κ1) is 13.1. The molecule has 0 unspecified atom stereocenters. The molecular formula is C5H7NO4Zn. The minimum atomic E-state index is -1.44. The van der Waals surface area contributed by atoms with Crippen molar-refractivity contribution in [3.05, 3.63) is 0 Å². The molecule has 0 aromatic carbocycles. The van der Waals surface area contributed by atoms with Crippen molar-refractivity contribution >= 4 is 11.9 Å². The predicted octanol–water partition coefficient (Wildman–Crippen LogP) is -3.41. The molecule has 0 saturated carbocycles. The summed E-state index contributed by atoms with van der Waals surface area (Å²) in [5.41, 5.74) is 4.91. The van der Waals surface area contributed by atoms with E-state index in [0.717, 1.165) is 0 Å². The maximum absolute atomic E-state index is 9.86. The molecule has 6 heteroatoms.